The van der Waals surface area contributed by atoms with Crippen molar-refractivity contribution in [3.05, 3.63) is 13.2 Å². The third-order valence-electron chi connectivity index (χ3n) is 2.71. The van der Waals surface area contributed by atoms with Crippen LogP contribution in [-0.4, -0.2) is 11.8 Å². The summed E-state index contributed by atoms with van der Waals surface area (Å²) in [5.41, 5.74) is 6.05. The van der Waals surface area contributed by atoms with Crippen LogP contribution in [0.1, 0.15) is 93.4 Å². The largest absolute Gasteiger partial charge is 0.328 e. The van der Waals surface area contributed by atoms with Crippen LogP contribution in [0, 0.1) is 11.8 Å². The van der Waals surface area contributed by atoms with E-state index < -0.39 is 0 Å². The van der Waals surface area contributed by atoms with E-state index >= 15 is 0 Å². The Balaban J connectivity index is -0.000000170. The molecular formula is C20H47NS. The van der Waals surface area contributed by atoms with Gasteiger partial charge in [-0.2, -0.15) is 12.6 Å². The van der Waals surface area contributed by atoms with Crippen molar-refractivity contribution >= 4 is 12.6 Å². The minimum atomic E-state index is 0.451. The van der Waals surface area contributed by atoms with E-state index in [4.69, 9.17) is 5.73 Å². The monoisotopic (exact) mass is 333 g/mol. The molecule has 0 heterocycles. The first kappa shape index (κ1) is 30.0. The summed E-state index contributed by atoms with van der Waals surface area (Å²) in [6.45, 7) is 21.4. The standard InChI is InChI=1S/C13H29N.C3H8.C2H6S.C2H4/c1-11(2)7-5-9-13(14)10-6-8-12(3)4;1-3-2;1-2-3;1-2/h11-13H,5-10,14H2,1-4H3;3H2,1-2H3;3H,2H2,1H3;1-2H2. The molecule has 1 nitrogen and oxygen atoms in total. The van der Waals surface area contributed by atoms with Crippen LogP contribution in [0.3, 0.4) is 0 Å². The summed E-state index contributed by atoms with van der Waals surface area (Å²) >= 11 is 3.79. The Kier molecular flexibility index (Phi) is 39.7. The van der Waals surface area contributed by atoms with E-state index in [-0.39, 0.29) is 0 Å². The van der Waals surface area contributed by atoms with E-state index in [1.54, 1.807) is 0 Å². The highest BCUT2D eigenvalue weighted by molar-refractivity contribution is 7.80. The van der Waals surface area contributed by atoms with Gasteiger partial charge in [0.2, 0.25) is 0 Å². The fraction of sp³-hybridized carbons (Fsp3) is 0.900. The van der Waals surface area contributed by atoms with E-state index in [9.17, 15) is 0 Å². The van der Waals surface area contributed by atoms with Crippen molar-refractivity contribution in [3.63, 3.8) is 0 Å². The van der Waals surface area contributed by atoms with Gasteiger partial charge in [0.25, 0.3) is 0 Å². The minimum absolute atomic E-state index is 0.451. The third-order valence-corrected chi connectivity index (χ3v) is 2.71. The second-order valence-corrected chi connectivity index (χ2v) is 7.07. The van der Waals surface area contributed by atoms with Gasteiger partial charge in [-0.25, -0.2) is 0 Å². The van der Waals surface area contributed by atoms with Gasteiger partial charge in [-0.05, 0) is 30.4 Å². The molecule has 0 aromatic rings. The summed E-state index contributed by atoms with van der Waals surface area (Å²) in [5.74, 6) is 2.61. The van der Waals surface area contributed by atoms with E-state index in [0.29, 0.717) is 6.04 Å². The molecular weight excluding hydrogens is 286 g/mol. The molecule has 0 radical (unpaired) electrons. The van der Waals surface area contributed by atoms with Gasteiger partial charge >= 0.3 is 0 Å². The lowest BCUT2D eigenvalue weighted by Crippen LogP contribution is -2.19. The molecule has 0 aromatic heterocycles. The first-order valence-corrected chi connectivity index (χ1v) is 9.85. The molecule has 2 heteroatoms. The van der Waals surface area contributed by atoms with Gasteiger partial charge in [-0.3, -0.25) is 0 Å². The summed E-state index contributed by atoms with van der Waals surface area (Å²) in [5, 5.41) is 0. The molecule has 0 aliphatic carbocycles. The molecule has 0 spiro atoms. The normalized spacial score (nSPS) is 9.45. The maximum atomic E-state index is 6.05. The summed E-state index contributed by atoms with van der Waals surface area (Å²) in [6.07, 6.45) is 8.96. The molecule has 138 valence electrons. The van der Waals surface area contributed by atoms with Crippen LogP contribution in [-0.2, 0) is 0 Å². The van der Waals surface area contributed by atoms with Crippen molar-refractivity contribution in [1.82, 2.24) is 0 Å². The Morgan fingerprint density at radius 1 is 0.773 bits per heavy atom. The second kappa shape index (κ2) is 29.1. The van der Waals surface area contributed by atoms with Crippen LogP contribution < -0.4 is 5.73 Å². The molecule has 0 unspecified atom stereocenters. The van der Waals surface area contributed by atoms with Crippen LogP contribution in [0.4, 0.5) is 0 Å². The lowest BCUT2D eigenvalue weighted by Gasteiger charge is -2.12. The zero-order chi connectivity index (χ0) is 18.4. The van der Waals surface area contributed by atoms with E-state index in [1.165, 1.54) is 44.9 Å². The van der Waals surface area contributed by atoms with Gasteiger partial charge in [0, 0.05) is 6.04 Å². The highest BCUT2D eigenvalue weighted by Gasteiger charge is 2.04. The summed E-state index contributed by atoms with van der Waals surface area (Å²) in [4.78, 5) is 0. The van der Waals surface area contributed by atoms with Crippen LogP contribution >= 0.6 is 12.6 Å². The average Bonchev–Trinajstić information content (AvgIpc) is 2.42. The van der Waals surface area contributed by atoms with Crippen molar-refractivity contribution in [3.8, 4) is 0 Å². The molecule has 0 rings (SSSR count). The maximum absolute atomic E-state index is 6.05. The number of hydrogen-bond acceptors (Lipinski definition) is 2. The van der Waals surface area contributed by atoms with Crippen molar-refractivity contribution < 1.29 is 0 Å². The van der Waals surface area contributed by atoms with Gasteiger partial charge in [-0.15, -0.1) is 13.2 Å². The SMILES string of the molecule is C=C.CC(C)CCCC(N)CCCC(C)C.CCC.CCS. The molecule has 0 aliphatic heterocycles. The number of thiol groups is 1. The van der Waals surface area contributed by atoms with E-state index in [2.05, 4.69) is 67.3 Å². The Bertz CT molecular complexity index is 142. The topological polar surface area (TPSA) is 26.0 Å². The summed E-state index contributed by atoms with van der Waals surface area (Å²) in [6, 6.07) is 0.451. The van der Waals surface area contributed by atoms with Crippen LogP contribution in [0.2, 0.25) is 0 Å². The predicted octanol–water partition coefficient (Wildman–Crippen LogP) is 7.12. The molecule has 0 atom stereocenters. The fourth-order valence-corrected chi connectivity index (χ4v) is 1.72. The third kappa shape index (κ3) is 50.1. The number of nitrogens with two attached hydrogens (primary N) is 1. The highest BCUT2D eigenvalue weighted by atomic mass is 32.1. The molecule has 22 heavy (non-hydrogen) atoms. The second-order valence-electron chi connectivity index (χ2n) is 6.43. The Labute approximate surface area is 148 Å². The van der Waals surface area contributed by atoms with Crippen molar-refractivity contribution in [2.24, 2.45) is 17.6 Å². The lowest BCUT2D eigenvalue weighted by molar-refractivity contribution is 0.450. The quantitative estimate of drug-likeness (QED) is 0.359. The molecule has 0 aliphatic rings. The molecule has 0 bridgehead atoms. The van der Waals surface area contributed by atoms with Gasteiger partial charge in [0.1, 0.15) is 0 Å². The molecule has 0 saturated carbocycles. The summed E-state index contributed by atoms with van der Waals surface area (Å²) < 4.78 is 0. The van der Waals surface area contributed by atoms with E-state index in [0.717, 1.165) is 17.6 Å². The van der Waals surface area contributed by atoms with E-state index in [1.807, 2.05) is 6.92 Å². The predicted molar refractivity (Wildman–Crippen MR) is 112 cm³/mol. The van der Waals surface area contributed by atoms with Crippen molar-refractivity contribution in [2.75, 3.05) is 5.75 Å². The Hall–Kier alpha value is 0.0500. The van der Waals surface area contributed by atoms with Crippen LogP contribution in [0.25, 0.3) is 0 Å². The van der Waals surface area contributed by atoms with Crippen LogP contribution in [0.5, 0.6) is 0 Å². The Morgan fingerprint density at radius 3 is 1.18 bits per heavy atom. The molecule has 0 saturated heterocycles. The zero-order valence-corrected chi connectivity index (χ0v) is 17.7. The first-order chi connectivity index (χ1) is 10.3. The van der Waals surface area contributed by atoms with Gasteiger partial charge < -0.3 is 5.73 Å². The fourth-order valence-electron chi connectivity index (χ4n) is 1.72. The summed E-state index contributed by atoms with van der Waals surface area (Å²) in [7, 11) is 0. The van der Waals surface area contributed by atoms with Gasteiger partial charge in [-0.1, -0.05) is 80.6 Å². The van der Waals surface area contributed by atoms with Crippen LogP contribution in [0.15, 0.2) is 13.2 Å². The first-order valence-electron chi connectivity index (χ1n) is 9.21. The van der Waals surface area contributed by atoms with Gasteiger partial charge in [0.05, 0.1) is 0 Å². The number of rotatable bonds is 8. The average molecular weight is 334 g/mol. The molecule has 0 amide bonds. The number of hydrogen-bond donors (Lipinski definition) is 2. The minimum Gasteiger partial charge on any atom is -0.328 e. The van der Waals surface area contributed by atoms with Crippen molar-refractivity contribution in [1.29, 1.82) is 0 Å². The maximum Gasteiger partial charge on any atom is 0.00388 e. The molecule has 0 fully saturated rings. The zero-order valence-electron chi connectivity index (χ0n) is 16.8. The van der Waals surface area contributed by atoms with Crippen molar-refractivity contribution in [2.45, 2.75) is 99.5 Å². The molecule has 0 aromatic carbocycles. The lowest BCUT2D eigenvalue weighted by atomic mass is 9.98. The van der Waals surface area contributed by atoms with Gasteiger partial charge in [0.15, 0.2) is 0 Å². The molecule has 2 N–H and O–H groups in total. The Morgan fingerprint density at radius 2 is 1.00 bits per heavy atom. The smallest absolute Gasteiger partial charge is 0.00388 e. The highest BCUT2D eigenvalue weighted by Crippen LogP contribution is 2.12.